The van der Waals surface area contributed by atoms with Crippen LogP contribution in [0, 0.1) is 5.92 Å². The molecule has 5 nitrogen and oxygen atoms in total. The van der Waals surface area contributed by atoms with Crippen LogP contribution in [0.2, 0.25) is 5.15 Å². The largest absolute Gasteiger partial charge is 0.352 e. The van der Waals surface area contributed by atoms with Crippen molar-refractivity contribution < 1.29 is 4.79 Å². The Morgan fingerprint density at radius 1 is 1.21 bits per heavy atom. The van der Waals surface area contributed by atoms with Crippen molar-refractivity contribution in [1.82, 2.24) is 15.3 Å². The molecule has 1 amide bonds. The molecule has 2 aromatic rings. The topological polar surface area (TPSA) is 58.1 Å². The highest BCUT2D eigenvalue weighted by molar-refractivity contribution is 7.98. The number of halogens is 1. The molecular weight excluding hydrogens is 404 g/mol. The molecule has 0 saturated heterocycles. The number of thioether (sulfide) groups is 1. The summed E-state index contributed by atoms with van der Waals surface area (Å²) in [5.41, 5.74) is 1.74. The Kier molecular flexibility index (Phi) is 9.22. The van der Waals surface area contributed by atoms with Crippen LogP contribution >= 0.6 is 23.4 Å². The zero-order valence-electron chi connectivity index (χ0n) is 16.9. The first kappa shape index (κ1) is 23.0. The predicted octanol–water partition coefficient (Wildman–Crippen LogP) is 4.99. The SMILES string of the molecule is C=CCN(CC=C)c1cc(Cl)nc(SCc2ccc(C(=O)NCC(C)C)cc2)n1. The average Bonchev–Trinajstić information content (AvgIpc) is 2.70. The maximum absolute atomic E-state index is 12.1. The molecule has 0 saturated carbocycles. The van der Waals surface area contributed by atoms with E-state index in [4.69, 9.17) is 11.6 Å². The molecule has 1 N–H and O–H groups in total. The van der Waals surface area contributed by atoms with Crippen molar-refractivity contribution in [2.24, 2.45) is 5.92 Å². The number of rotatable bonds is 11. The molecule has 1 aromatic carbocycles. The van der Waals surface area contributed by atoms with Gasteiger partial charge in [0.2, 0.25) is 0 Å². The van der Waals surface area contributed by atoms with E-state index in [1.54, 1.807) is 6.07 Å². The molecule has 0 unspecified atom stereocenters. The first-order chi connectivity index (χ1) is 13.9. The number of carbonyl (C=O) groups is 1. The molecule has 0 fully saturated rings. The van der Waals surface area contributed by atoms with Gasteiger partial charge in [0, 0.05) is 37.0 Å². The highest BCUT2D eigenvalue weighted by Gasteiger charge is 2.11. The van der Waals surface area contributed by atoms with Crippen LogP contribution in [-0.4, -0.2) is 35.5 Å². The van der Waals surface area contributed by atoms with Crippen LogP contribution in [0.25, 0.3) is 0 Å². The third-order valence-electron chi connectivity index (χ3n) is 3.94. The van der Waals surface area contributed by atoms with Crippen LogP contribution in [0.4, 0.5) is 5.82 Å². The van der Waals surface area contributed by atoms with Gasteiger partial charge in [0.05, 0.1) is 0 Å². The summed E-state index contributed by atoms with van der Waals surface area (Å²) in [5.74, 6) is 1.79. The molecule has 29 heavy (non-hydrogen) atoms. The Morgan fingerprint density at radius 2 is 1.86 bits per heavy atom. The average molecular weight is 431 g/mol. The van der Waals surface area contributed by atoms with Crippen LogP contribution < -0.4 is 10.2 Å². The summed E-state index contributed by atoms with van der Waals surface area (Å²) in [6.07, 6.45) is 3.62. The molecule has 0 bridgehead atoms. The van der Waals surface area contributed by atoms with Gasteiger partial charge in [0.25, 0.3) is 5.91 Å². The van der Waals surface area contributed by atoms with Gasteiger partial charge in [0.1, 0.15) is 11.0 Å². The van der Waals surface area contributed by atoms with Crippen molar-refractivity contribution in [3.8, 4) is 0 Å². The fourth-order valence-electron chi connectivity index (χ4n) is 2.48. The van der Waals surface area contributed by atoms with E-state index in [1.165, 1.54) is 11.8 Å². The van der Waals surface area contributed by atoms with Crippen molar-refractivity contribution in [3.63, 3.8) is 0 Å². The van der Waals surface area contributed by atoms with Gasteiger partial charge in [-0.1, -0.05) is 61.5 Å². The second kappa shape index (κ2) is 11.6. The van der Waals surface area contributed by atoms with Gasteiger partial charge >= 0.3 is 0 Å². The number of aromatic nitrogens is 2. The van der Waals surface area contributed by atoms with Crippen molar-refractivity contribution >= 4 is 35.1 Å². The molecule has 1 heterocycles. The number of benzene rings is 1. The van der Waals surface area contributed by atoms with Crippen LogP contribution in [0.3, 0.4) is 0 Å². The van der Waals surface area contributed by atoms with E-state index < -0.39 is 0 Å². The Morgan fingerprint density at radius 3 is 2.45 bits per heavy atom. The molecule has 154 valence electrons. The molecule has 1 aromatic heterocycles. The molecular formula is C22H27ClN4OS. The molecule has 0 radical (unpaired) electrons. The second-order valence-corrected chi connectivity index (χ2v) is 8.23. The van der Waals surface area contributed by atoms with Gasteiger partial charge in [0.15, 0.2) is 5.16 Å². The lowest BCUT2D eigenvalue weighted by atomic mass is 10.1. The lowest BCUT2D eigenvalue weighted by molar-refractivity contribution is 0.0949. The number of anilines is 1. The molecule has 0 atom stereocenters. The van der Waals surface area contributed by atoms with E-state index in [0.29, 0.717) is 47.2 Å². The fourth-order valence-corrected chi connectivity index (χ4v) is 3.52. The maximum atomic E-state index is 12.1. The number of hydrogen-bond acceptors (Lipinski definition) is 5. The first-order valence-corrected chi connectivity index (χ1v) is 10.8. The summed E-state index contributed by atoms with van der Waals surface area (Å²) in [6.45, 7) is 13.7. The summed E-state index contributed by atoms with van der Waals surface area (Å²) >= 11 is 7.69. The van der Waals surface area contributed by atoms with Gasteiger partial charge in [-0.3, -0.25) is 4.79 Å². The van der Waals surface area contributed by atoms with E-state index in [0.717, 1.165) is 11.4 Å². The summed E-state index contributed by atoms with van der Waals surface area (Å²) in [7, 11) is 0. The Labute approximate surface area is 182 Å². The Bertz CT molecular complexity index is 829. The van der Waals surface area contributed by atoms with Crippen molar-refractivity contribution in [3.05, 3.63) is 71.9 Å². The van der Waals surface area contributed by atoms with Crippen LogP contribution in [0.5, 0.6) is 0 Å². The van der Waals surface area contributed by atoms with Crippen molar-refractivity contribution in [2.45, 2.75) is 24.8 Å². The maximum Gasteiger partial charge on any atom is 0.251 e. The minimum Gasteiger partial charge on any atom is -0.352 e. The van der Waals surface area contributed by atoms with Gasteiger partial charge < -0.3 is 10.2 Å². The summed E-state index contributed by atoms with van der Waals surface area (Å²) in [6, 6.07) is 9.32. The van der Waals surface area contributed by atoms with E-state index >= 15 is 0 Å². The first-order valence-electron chi connectivity index (χ1n) is 9.44. The smallest absolute Gasteiger partial charge is 0.251 e. The molecule has 7 heteroatoms. The predicted molar refractivity (Wildman–Crippen MR) is 123 cm³/mol. The minimum atomic E-state index is -0.0507. The standard InChI is InChI=1S/C22H27ClN4OS/c1-5-11-27(12-6-2)20-13-19(23)25-22(26-20)29-15-17-7-9-18(10-8-17)21(28)24-14-16(3)4/h5-10,13,16H,1-2,11-12,14-15H2,3-4H3,(H,24,28). The zero-order valence-corrected chi connectivity index (χ0v) is 18.5. The van der Waals surface area contributed by atoms with E-state index in [2.05, 4.69) is 42.3 Å². The molecule has 0 aliphatic carbocycles. The molecule has 0 spiro atoms. The molecule has 0 aliphatic heterocycles. The summed E-state index contributed by atoms with van der Waals surface area (Å²) < 4.78 is 0. The van der Waals surface area contributed by atoms with E-state index in [9.17, 15) is 4.79 Å². The molecule has 0 aliphatic rings. The van der Waals surface area contributed by atoms with Gasteiger partial charge in [-0.15, -0.1) is 13.2 Å². The number of hydrogen-bond donors (Lipinski definition) is 1. The second-order valence-electron chi connectivity index (χ2n) is 6.90. The van der Waals surface area contributed by atoms with Gasteiger partial charge in [-0.25, -0.2) is 9.97 Å². The van der Waals surface area contributed by atoms with Gasteiger partial charge in [-0.2, -0.15) is 0 Å². The highest BCUT2D eigenvalue weighted by atomic mass is 35.5. The third kappa shape index (κ3) is 7.55. The number of amides is 1. The van der Waals surface area contributed by atoms with Crippen molar-refractivity contribution in [1.29, 1.82) is 0 Å². The third-order valence-corrected chi connectivity index (χ3v) is 5.05. The zero-order chi connectivity index (χ0) is 21.2. The Hall–Kier alpha value is -2.31. The Balaban J connectivity index is 2.03. The highest BCUT2D eigenvalue weighted by Crippen LogP contribution is 2.25. The number of carbonyl (C=O) groups excluding carboxylic acids is 1. The van der Waals surface area contributed by atoms with Crippen molar-refractivity contribution in [2.75, 3.05) is 24.5 Å². The van der Waals surface area contributed by atoms with Gasteiger partial charge in [-0.05, 0) is 23.6 Å². The monoisotopic (exact) mass is 430 g/mol. The lowest BCUT2D eigenvalue weighted by Crippen LogP contribution is -2.27. The number of nitrogens with zero attached hydrogens (tertiary/aromatic N) is 3. The van der Waals surface area contributed by atoms with E-state index in [-0.39, 0.29) is 5.91 Å². The lowest BCUT2D eigenvalue weighted by Gasteiger charge is -2.20. The van der Waals surface area contributed by atoms with Crippen LogP contribution in [-0.2, 0) is 5.75 Å². The van der Waals surface area contributed by atoms with Crippen LogP contribution in [0.15, 0.2) is 60.8 Å². The molecule has 2 rings (SSSR count). The van der Waals surface area contributed by atoms with Crippen LogP contribution in [0.1, 0.15) is 29.8 Å². The quantitative estimate of drug-likeness (QED) is 0.235. The number of nitrogens with one attached hydrogen (secondary N) is 1. The van der Waals surface area contributed by atoms with E-state index in [1.807, 2.05) is 41.3 Å². The fraction of sp³-hybridized carbons (Fsp3) is 0.318. The summed E-state index contributed by atoms with van der Waals surface area (Å²) in [5, 5.41) is 3.92. The minimum absolute atomic E-state index is 0.0507. The normalized spacial score (nSPS) is 10.6. The summed E-state index contributed by atoms with van der Waals surface area (Å²) in [4.78, 5) is 23.1.